The van der Waals surface area contributed by atoms with Crippen molar-refractivity contribution >= 4 is 15.8 Å². The molecule has 0 amide bonds. The lowest BCUT2D eigenvalue weighted by Gasteiger charge is -2.15. The van der Waals surface area contributed by atoms with E-state index in [1.54, 1.807) is 18.2 Å². The summed E-state index contributed by atoms with van der Waals surface area (Å²) < 4.78 is 60.1. The second kappa shape index (κ2) is 8.00. The smallest absolute Gasteiger partial charge is 0.344 e. The molecule has 0 radical (unpaired) electrons. The van der Waals surface area contributed by atoms with Gasteiger partial charge in [0.15, 0.2) is 6.10 Å². The Hall–Kier alpha value is -3.26. The van der Waals surface area contributed by atoms with Crippen LogP contribution in [-0.4, -0.2) is 25.6 Å². The van der Waals surface area contributed by atoms with Gasteiger partial charge in [-0.2, -0.15) is 0 Å². The van der Waals surface area contributed by atoms with Gasteiger partial charge < -0.3 is 9.84 Å². The zero-order chi connectivity index (χ0) is 21.2. The number of carboxylic acid groups (broad SMARTS) is 1. The van der Waals surface area contributed by atoms with E-state index in [-0.39, 0.29) is 21.8 Å². The van der Waals surface area contributed by atoms with Gasteiger partial charge in [-0.3, -0.25) is 0 Å². The first-order valence-corrected chi connectivity index (χ1v) is 9.98. The summed E-state index contributed by atoms with van der Waals surface area (Å²) in [4.78, 5) is 9.75. The van der Waals surface area contributed by atoms with Crippen molar-refractivity contribution in [3.8, 4) is 16.9 Å². The van der Waals surface area contributed by atoms with Crippen molar-refractivity contribution in [3.63, 3.8) is 0 Å². The van der Waals surface area contributed by atoms with E-state index >= 15 is 0 Å². The number of rotatable bonds is 6. The first kappa shape index (κ1) is 20.5. The van der Waals surface area contributed by atoms with Crippen molar-refractivity contribution in [2.24, 2.45) is 0 Å². The minimum Gasteiger partial charge on any atom is -0.479 e. The third-order valence-corrected chi connectivity index (χ3v) is 5.99. The third kappa shape index (κ3) is 4.12. The Bertz CT molecular complexity index is 1140. The second-order valence-electron chi connectivity index (χ2n) is 6.18. The van der Waals surface area contributed by atoms with Gasteiger partial charge in [0.05, 0.1) is 4.90 Å². The molecule has 150 valence electrons. The van der Waals surface area contributed by atoms with Gasteiger partial charge in [0.1, 0.15) is 22.3 Å². The van der Waals surface area contributed by atoms with E-state index in [4.69, 9.17) is 9.84 Å². The molecule has 0 fully saturated rings. The Kier molecular flexibility index (Phi) is 5.65. The van der Waals surface area contributed by atoms with E-state index in [9.17, 15) is 22.0 Å². The van der Waals surface area contributed by atoms with Gasteiger partial charge >= 0.3 is 5.97 Å². The SMILES string of the molecule is C[C@H](Oc1ccccc1-c1cc(F)c(S(=O)(=O)c2ccccc2)c(F)c1)C(=O)O. The van der Waals surface area contributed by atoms with E-state index in [2.05, 4.69) is 0 Å². The fourth-order valence-corrected chi connectivity index (χ4v) is 4.12. The lowest BCUT2D eigenvalue weighted by atomic mass is 10.0. The summed E-state index contributed by atoms with van der Waals surface area (Å²) in [5.74, 6) is -3.63. The van der Waals surface area contributed by atoms with E-state index in [0.29, 0.717) is 0 Å². The number of aliphatic carboxylic acids is 1. The molecule has 0 aliphatic heterocycles. The Morgan fingerprint density at radius 2 is 1.52 bits per heavy atom. The maximum atomic E-state index is 14.7. The van der Waals surface area contributed by atoms with Crippen LogP contribution in [0.1, 0.15) is 6.92 Å². The normalized spacial score (nSPS) is 12.4. The molecule has 0 aromatic heterocycles. The summed E-state index contributed by atoms with van der Waals surface area (Å²) >= 11 is 0. The summed E-state index contributed by atoms with van der Waals surface area (Å²) in [7, 11) is -4.40. The lowest BCUT2D eigenvalue weighted by molar-refractivity contribution is -0.144. The number of ether oxygens (including phenoxy) is 1. The molecular weight excluding hydrogens is 402 g/mol. The van der Waals surface area contributed by atoms with Crippen LogP contribution in [0.5, 0.6) is 5.75 Å². The lowest BCUT2D eigenvalue weighted by Crippen LogP contribution is -2.23. The quantitative estimate of drug-likeness (QED) is 0.645. The molecule has 0 saturated heterocycles. The standard InChI is InChI=1S/C21H16F2O5S/c1-13(21(24)25)28-19-10-6-5-9-16(19)14-11-17(22)20(18(23)12-14)29(26,27)15-7-3-2-4-8-15/h2-13H,1H3,(H,24,25)/t13-/m0/s1. The summed E-state index contributed by atoms with van der Waals surface area (Å²) in [6, 6.07) is 14.9. The van der Waals surface area contributed by atoms with Gasteiger partial charge in [-0.15, -0.1) is 0 Å². The van der Waals surface area contributed by atoms with Gasteiger partial charge in [0, 0.05) is 5.56 Å². The molecule has 0 heterocycles. The number of halogens is 2. The average molecular weight is 418 g/mol. The van der Waals surface area contributed by atoms with Crippen molar-refractivity contribution in [2.45, 2.75) is 22.8 Å². The molecule has 0 bridgehead atoms. The van der Waals surface area contributed by atoms with Gasteiger partial charge in [-0.05, 0) is 42.8 Å². The van der Waals surface area contributed by atoms with E-state index in [1.165, 1.54) is 43.3 Å². The maximum Gasteiger partial charge on any atom is 0.344 e. The van der Waals surface area contributed by atoms with Crippen molar-refractivity contribution in [1.82, 2.24) is 0 Å². The molecule has 3 rings (SSSR count). The zero-order valence-electron chi connectivity index (χ0n) is 15.2. The predicted octanol–water partition coefficient (Wildman–Crippen LogP) is 4.32. The van der Waals surface area contributed by atoms with Crippen molar-refractivity contribution in [2.75, 3.05) is 0 Å². The Balaban J connectivity index is 2.09. The molecule has 0 aliphatic rings. The highest BCUT2D eigenvalue weighted by atomic mass is 32.2. The van der Waals surface area contributed by atoms with Gasteiger partial charge in [-0.25, -0.2) is 22.0 Å². The molecule has 0 aliphatic carbocycles. The zero-order valence-corrected chi connectivity index (χ0v) is 16.0. The number of para-hydroxylation sites is 1. The fraction of sp³-hybridized carbons (Fsp3) is 0.0952. The van der Waals surface area contributed by atoms with E-state index in [1.807, 2.05) is 0 Å². The van der Waals surface area contributed by atoms with Crippen LogP contribution in [0, 0.1) is 11.6 Å². The van der Waals surface area contributed by atoms with Crippen LogP contribution in [0.15, 0.2) is 76.5 Å². The number of hydrogen-bond acceptors (Lipinski definition) is 4. The fourth-order valence-electron chi connectivity index (χ4n) is 2.74. The molecule has 5 nitrogen and oxygen atoms in total. The molecule has 0 unspecified atom stereocenters. The summed E-state index contributed by atoms with van der Waals surface area (Å²) in [6.07, 6.45) is -1.19. The van der Waals surface area contributed by atoms with Crippen LogP contribution >= 0.6 is 0 Å². The molecule has 0 spiro atoms. The number of hydrogen-bond donors (Lipinski definition) is 1. The van der Waals surface area contributed by atoms with Crippen molar-refractivity contribution in [1.29, 1.82) is 0 Å². The van der Waals surface area contributed by atoms with Crippen molar-refractivity contribution < 1.29 is 31.8 Å². The number of carbonyl (C=O) groups is 1. The Labute approximate surface area is 166 Å². The average Bonchev–Trinajstić information content (AvgIpc) is 2.68. The van der Waals surface area contributed by atoms with Crippen molar-refractivity contribution in [3.05, 3.63) is 78.4 Å². The summed E-state index contributed by atoms with van der Waals surface area (Å²) in [6.45, 7) is 1.32. The van der Waals surface area contributed by atoms with Gasteiger partial charge in [0.2, 0.25) is 9.84 Å². The first-order chi connectivity index (χ1) is 13.7. The van der Waals surface area contributed by atoms with Crippen LogP contribution in [0.2, 0.25) is 0 Å². The minimum atomic E-state index is -4.40. The minimum absolute atomic E-state index is 0.0141. The highest BCUT2D eigenvalue weighted by molar-refractivity contribution is 7.91. The van der Waals surface area contributed by atoms with Crippen LogP contribution in [0.25, 0.3) is 11.1 Å². The molecule has 1 N–H and O–H groups in total. The number of sulfone groups is 1. The Morgan fingerprint density at radius 1 is 0.966 bits per heavy atom. The summed E-state index contributed by atoms with van der Waals surface area (Å²) in [5.41, 5.74) is 0.238. The summed E-state index contributed by atoms with van der Waals surface area (Å²) in [5, 5.41) is 9.02. The molecule has 29 heavy (non-hydrogen) atoms. The Morgan fingerprint density at radius 3 is 2.10 bits per heavy atom. The second-order valence-corrected chi connectivity index (χ2v) is 8.07. The van der Waals surface area contributed by atoms with Crippen LogP contribution in [0.3, 0.4) is 0 Å². The first-order valence-electron chi connectivity index (χ1n) is 8.50. The van der Waals surface area contributed by atoms with Crippen LogP contribution < -0.4 is 4.74 Å². The number of benzene rings is 3. The predicted molar refractivity (Wildman–Crippen MR) is 101 cm³/mol. The molecule has 3 aromatic rings. The molecule has 3 aromatic carbocycles. The highest BCUT2D eigenvalue weighted by Gasteiger charge is 2.27. The maximum absolute atomic E-state index is 14.7. The third-order valence-electron chi connectivity index (χ3n) is 4.17. The topological polar surface area (TPSA) is 80.7 Å². The van der Waals surface area contributed by atoms with Gasteiger partial charge in [-0.1, -0.05) is 36.4 Å². The monoisotopic (exact) mass is 418 g/mol. The number of carboxylic acids is 1. The molecule has 1 atom stereocenters. The van der Waals surface area contributed by atoms with E-state index in [0.717, 1.165) is 12.1 Å². The van der Waals surface area contributed by atoms with Gasteiger partial charge in [0.25, 0.3) is 0 Å². The molecule has 0 saturated carbocycles. The van der Waals surface area contributed by atoms with Crippen LogP contribution in [-0.2, 0) is 14.6 Å². The molecular formula is C21H16F2O5S. The molecule has 8 heteroatoms. The van der Waals surface area contributed by atoms with Crippen LogP contribution in [0.4, 0.5) is 8.78 Å². The highest BCUT2D eigenvalue weighted by Crippen LogP contribution is 2.35. The largest absolute Gasteiger partial charge is 0.479 e. The van der Waals surface area contributed by atoms with E-state index < -0.39 is 38.4 Å².